The van der Waals surface area contributed by atoms with Crippen molar-refractivity contribution in [2.45, 2.75) is 53.0 Å². The Labute approximate surface area is 119 Å². The highest BCUT2D eigenvalue weighted by molar-refractivity contribution is 7.15. The lowest BCUT2D eigenvalue weighted by Gasteiger charge is -2.19. The lowest BCUT2D eigenvalue weighted by Crippen LogP contribution is -2.40. The molecule has 0 fully saturated rings. The van der Waals surface area contributed by atoms with Gasteiger partial charge in [0.1, 0.15) is 5.01 Å². The van der Waals surface area contributed by atoms with E-state index in [0.29, 0.717) is 6.54 Å². The fraction of sp³-hybridized carbons (Fsp3) is 0.769. The predicted octanol–water partition coefficient (Wildman–Crippen LogP) is 2.19. The van der Waals surface area contributed by atoms with Gasteiger partial charge in [0.05, 0.1) is 6.54 Å². The van der Waals surface area contributed by atoms with Crippen LogP contribution in [0.5, 0.6) is 0 Å². The monoisotopic (exact) mass is 284 g/mol. The molecule has 1 heterocycles. The zero-order chi connectivity index (χ0) is 14.6. The number of nitrogens with one attached hydrogen (secondary N) is 1. The lowest BCUT2D eigenvalue weighted by atomic mass is 9.98. The van der Waals surface area contributed by atoms with Gasteiger partial charge in [0, 0.05) is 18.0 Å². The van der Waals surface area contributed by atoms with E-state index in [4.69, 9.17) is 0 Å². The molecule has 0 aromatic carbocycles. The average Bonchev–Trinajstić information content (AvgIpc) is 2.73. The SMILES string of the molecule is CCN(CC(=O)NC(C)C)c1nnc(C(C)(C)C)s1. The first-order valence-electron chi connectivity index (χ1n) is 6.62. The van der Waals surface area contributed by atoms with E-state index < -0.39 is 0 Å². The maximum Gasteiger partial charge on any atom is 0.239 e. The van der Waals surface area contributed by atoms with Crippen molar-refractivity contribution >= 4 is 22.4 Å². The van der Waals surface area contributed by atoms with Gasteiger partial charge < -0.3 is 10.2 Å². The molecule has 1 N–H and O–H groups in total. The molecular weight excluding hydrogens is 260 g/mol. The summed E-state index contributed by atoms with van der Waals surface area (Å²) in [5, 5.41) is 13.1. The number of rotatable bonds is 5. The third kappa shape index (κ3) is 4.78. The normalized spacial score (nSPS) is 11.7. The first-order valence-corrected chi connectivity index (χ1v) is 7.44. The molecule has 0 atom stereocenters. The van der Waals surface area contributed by atoms with Gasteiger partial charge in [-0.15, -0.1) is 10.2 Å². The van der Waals surface area contributed by atoms with Gasteiger partial charge in [0.2, 0.25) is 11.0 Å². The summed E-state index contributed by atoms with van der Waals surface area (Å²) in [7, 11) is 0. The number of aromatic nitrogens is 2. The number of anilines is 1. The molecule has 1 aromatic heterocycles. The Kier molecular flexibility index (Phi) is 5.29. The van der Waals surface area contributed by atoms with Crippen molar-refractivity contribution < 1.29 is 4.79 Å². The fourth-order valence-electron chi connectivity index (χ4n) is 1.50. The van der Waals surface area contributed by atoms with Crippen molar-refractivity contribution in [3.63, 3.8) is 0 Å². The second kappa shape index (κ2) is 6.32. The highest BCUT2D eigenvalue weighted by Gasteiger charge is 2.22. The minimum Gasteiger partial charge on any atom is -0.352 e. The second-order valence-electron chi connectivity index (χ2n) is 5.88. The van der Waals surface area contributed by atoms with Crippen LogP contribution in [0.15, 0.2) is 0 Å². The minimum absolute atomic E-state index is 0.00444. The molecule has 0 radical (unpaired) electrons. The smallest absolute Gasteiger partial charge is 0.239 e. The summed E-state index contributed by atoms with van der Waals surface area (Å²) in [6, 6.07) is 0.158. The quantitative estimate of drug-likeness (QED) is 0.900. The first kappa shape index (κ1) is 15.9. The summed E-state index contributed by atoms with van der Waals surface area (Å²) >= 11 is 1.56. The van der Waals surface area contributed by atoms with Crippen LogP contribution < -0.4 is 10.2 Å². The molecule has 0 aliphatic heterocycles. The van der Waals surface area contributed by atoms with E-state index in [1.807, 2.05) is 25.7 Å². The van der Waals surface area contributed by atoms with Crippen molar-refractivity contribution in [2.75, 3.05) is 18.0 Å². The number of nitrogens with zero attached hydrogens (tertiary/aromatic N) is 3. The number of hydrogen-bond donors (Lipinski definition) is 1. The van der Waals surface area contributed by atoms with E-state index in [0.717, 1.165) is 16.7 Å². The maximum atomic E-state index is 11.8. The third-order valence-corrected chi connectivity index (χ3v) is 3.90. The Morgan fingerprint density at radius 1 is 1.37 bits per heavy atom. The van der Waals surface area contributed by atoms with E-state index >= 15 is 0 Å². The van der Waals surface area contributed by atoms with Gasteiger partial charge >= 0.3 is 0 Å². The molecule has 0 aliphatic carbocycles. The molecule has 0 spiro atoms. The zero-order valence-electron chi connectivity index (χ0n) is 12.6. The fourth-order valence-corrected chi connectivity index (χ4v) is 2.47. The van der Waals surface area contributed by atoms with Gasteiger partial charge in [-0.2, -0.15) is 0 Å². The molecule has 108 valence electrons. The lowest BCUT2D eigenvalue weighted by molar-refractivity contribution is -0.120. The van der Waals surface area contributed by atoms with Crippen molar-refractivity contribution in [3.05, 3.63) is 5.01 Å². The molecular formula is C13H24N4OS. The van der Waals surface area contributed by atoms with Crippen LogP contribution in [0.3, 0.4) is 0 Å². The summed E-state index contributed by atoms with van der Waals surface area (Å²) in [5.74, 6) is 0.0179. The number of carbonyl (C=O) groups excluding carboxylic acids is 1. The second-order valence-corrected chi connectivity index (χ2v) is 6.83. The maximum absolute atomic E-state index is 11.8. The number of likely N-dealkylation sites (N-methyl/N-ethyl adjacent to an activating group) is 1. The van der Waals surface area contributed by atoms with Crippen molar-refractivity contribution in [3.8, 4) is 0 Å². The van der Waals surface area contributed by atoms with E-state index in [-0.39, 0.29) is 17.4 Å². The van der Waals surface area contributed by atoms with E-state index in [2.05, 4.69) is 36.3 Å². The van der Waals surface area contributed by atoms with Crippen LogP contribution in [0.2, 0.25) is 0 Å². The highest BCUT2D eigenvalue weighted by atomic mass is 32.1. The Balaban J connectivity index is 2.75. The van der Waals surface area contributed by atoms with Crippen molar-refractivity contribution in [1.29, 1.82) is 0 Å². The number of amides is 1. The van der Waals surface area contributed by atoms with E-state index in [9.17, 15) is 4.79 Å². The van der Waals surface area contributed by atoms with Crippen molar-refractivity contribution in [1.82, 2.24) is 15.5 Å². The summed E-state index contributed by atoms with van der Waals surface area (Å²) in [6.07, 6.45) is 0. The molecule has 1 aromatic rings. The zero-order valence-corrected chi connectivity index (χ0v) is 13.5. The van der Waals surface area contributed by atoms with Gasteiger partial charge in [0.25, 0.3) is 0 Å². The average molecular weight is 284 g/mol. The number of hydrogen-bond acceptors (Lipinski definition) is 5. The summed E-state index contributed by atoms with van der Waals surface area (Å²) < 4.78 is 0. The minimum atomic E-state index is -0.00444. The van der Waals surface area contributed by atoms with Gasteiger partial charge in [0.15, 0.2) is 0 Å². The summed E-state index contributed by atoms with van der Waals surface area (Å²) in [6.45, 7) is 13.3. The van der Waals surface area contributed by atoms with Gasteiger partial charge in [-0.1, -0.05) is 32.1 Å². The molecule has 1 rings (SSSR count). The highest BCUT2D eigenvalue weighted by Crippen LogP contribution is 2.29. The van der Waals surface area contributed by atoms with Crippen LogP contribution in [0.4, 0.5) is 5.13 Å². The van der Waals surface area contributed by atoms with Gasteiger partial charge in [-0.05, 0) is 20.8 Å². The van der Waals surface area contributed by atoms with Crippen molar-refractivity contribution in [2.24, 2.45) is 0 Å². The van der Waals surface area contributed by atoms with Crippen LogP contribution in [-0.2, 0) is 10.2 Å². The molecule has 0 saturated heterocycles. The molecule has 6 heteroatoms. The van der Waals surface area contributed by atoms with E-state index in [1.165, 1.54) is 0 Å². The van der Waals surface area contributed by atoms with Crippen LogP contribution >= 0.6 is 11.3 Å². The molecule has 5 nitrogen and oxygen atoms in total. The third-order valence-electron chi connectivity index (χ3n) is 2.49. The van der Waals surface area contributed by atoms with E-state index in [1.54, 1.807) is 11.3 Å². The predicted molar refractivity (Wildman–Crippen MR) is 79.8 cm³/mol. The molecule has 19 heavy (non-hydrogen) atoms. The van der Waals surface area contributed by atoms with Crippen LogP contribution in [-0.4, -0.2) is 35.2 Å². The summed E-state index contributed by atoms with van der Waals surface area (Å²) in [4.78, 5) is 13.8. The Bertz CT molecular complexity index is 423. The van der Waals surface area contributed by atoms with Gasteiger partial charge in [-0.3, -0.25) is 4.79 Å². The van der Waals surface area contributed by atoms with Crippen LogP contribution in [0.25, 0.3) is 0 Å². The largest absolute Gasteiger partial charge is 0.352 e. The molecule has 0 unspecified atom stereocenters. The molecule has 0 saturated carbocycles. The molecule has 1 amide bonds. The summed E-state index contributed by atoms with van der Waals surface area (Å²) in [5.41, 5.74) is -0.00444. The first-order chi connectivity index (χ1) is 8.74. The molecule has 0 bridgehead atoms. The van der Waals surface area contributed by atoms with Crippen LogP contribution in [0, 0.1) is 0 Å². The number of carbonyl (C=O) groups is 1. The van der Waals surface area contributed by atoms with Gasteiger partial charge in [-0.25, -0.2) is 0 Å². The van der Waals surface area contributed by atoms with Crippen LogP contribution in [0.1, 0.15) is 46.6 Å². The topological polar surface area (TPSA) is 58.1 Å². The standard InChI is InChI=1S/C13H24N4OS/c1-7-17(8-10(18)14-9(2)3)12-16-15-11(19-12)13(4,5)6/h9H,7-8H2,1-6H3,(H,14,18). The Hall–Kier alpha value is -1.17. The Morgan fingerprint density at radius 2 is 2.00 bits per heavy atom. The molecule has 0 aliphatic rings. The Morgan fingerprint density at radius 3 is 2.42 bits per heavy atom.